The van der Waals surface area contributed by atoms with Gasteiger partial charge < -0.3 is 4.98 Å². The molecule has 2 heterocycles. The number of aromatic nitrogens is 3. The number of rotatable bonds is 2. The van der Waals surface area contributed by atoms with E-state index in [0.29, 0.717) is 5.02 Å². The first kappa shape index (κ1) is 11.2. The van der Waals surface area contributed by atoms with Crippen LogP contribution in [0.15, 0.2) is 36.7 Å². The van der Waals surface area contributed by atoms with Crippen molar-refractivity contribution in [1.82, 2.24) is 15.0 Å². The Morgan fingerprint density at radius 1 is 1.28 bits per heavy atom. The normalized spacial score (nSPS) is 11.0. The summed E-state index contributed by atoms with van der Waals surface area (Å²) in [6, 6.07) is 8.11. The van der Waals surface area contributed by atoms with Crippen molar-refractivity contribution in [1.29, 1.82) is 0 Å². The van der Waals surface area contributed by atoms with E-state index >= 15 is 0 Å². The summed E-state index contributed by atoms with van der Waals surface area (Å²) in [5, 5.41) is 1.71. The van der Waals surface area contributed by atoms with Gasteiger partial charge >= 0.3 is 0 Å². The lowest BCUT2D eigenvalue weighted by Gasteiger charge is -2.03. The molecule has 0 saturated carbocycles. The summed E-state index contributed by atoms with van der Waals surface area (Å²) in [5.41, 5.74) is 2.90. The van der Waals surface area contributed by atoms with E-state index in [0.717, 1.165) is 34.4 Å². The molecule has 0 aliphatic heterocycles. The Morgan fingerprint density at radius 3 is 2.94 bits per heavy atom. The number of nitrogens with zero attached hydrogens (tertiary/aromatic N) is 2. The molecule has 1 N–H and O–H groups in total. The topological polar surface area (TPSA) is 41.6 Å². The molecule has 0 spiro atoms. The van der Waals surface area contributed by atoms with Gasteiger partial charge in [-0.05, 0) is 6.07 Å². The number of benzene rings is 1. The molecule has 0 unspecified atom stereocenters. The van der Waals surface area contributed by atoms with Gasteiger partial charge in [-0.25, -0.2) is 9.97 Å². The highest BCUT2D eigenvalue weighted by Gasteiger charge is 2.11. The van der Waals surface area contributed by atoms with E-state index in [1.807, 2.05) is 31.3 Å². The van der Waals surface area contributed by atoms with Gasteiger partial charge in [-0.2, -0.15) is 0 Å². The van der Waals surface area contributed by atoms with Gasteiger partial charge in [0.25, 0.3) is 0 Å². The van der Waals surface area contributed by atoms with Crippen molar-refractivity contribution in [3.8, 4) is 11.3 Å². The van der Waals surface area contributed by atoms with E-state index < -0.39 is 0 Å². The van der Waals surface area contributed by atoms with E-state index in [4.69, 9.17) is 11.6 Å². The number of nitrogens with one attached hydrogen (secondary N) is 1. The average molecular weight is 258 g/mol. The smallest absolute Gasteiger partial charge is 0.128 e. The maximum absolute atomic E-state index is 6.21. The van der Waals surface area contributed by atoms with E-state index in [2.05, 4.69) is 21.0 Å². The second kappa shape index (κ2) is 4.42. The third-order valence-electron chi connectivity index (χ3n) is 2.95. The molecule has 0 aliphatic rings. The first-order valence-corrected chi connectivity index (χ1v) is 6.25. The maximum atomic E-state index is 6.21. The molecule has 2 aromatic heterocycles. The molecule has 0 atom stereocenters. The second-order valence-electron chi connectivity index (χ2n) is 4.08. The fraction of sp³-hybridized carbons (Fsp3) is 0.143. The number of hydrogen-bond acceptors (Lipinski definition) is 2. The summed E-state index contributed by atoms with van der Waals surface area (Å²) in [6.45, 7) is 2.03. The monoisotopic (exact) mass is 257 g/mol. The molecule has 3 rings (SSSR count). The third kappa shape index (κ3) is 1.77. The van der Waals surface area contributed by atoms with Crippen molar-refractivity contribution in [2.45, 2.75) is 13.3 Å². The Balaban J connectivity index is 2.25. The lowest BCUT2D eigenvalue weighted by molar-refractivity contribution is 0.944. The molecule has 0 fully saturated rings. The first-order valence-electron chi connectivity index (χ1n) is 5.87. The van der Waals surface area contributed by atoms with E-state index in [9.17, 15) is 0 Å². The third-order valence-corrected chi connectivity index (χ3v) is 3.23. The predicted octanol–water partition coefficient (Wildman–Crippen LogP) is 3.84. The van der Waals surface area contributed by atoms with Crippen LogP contribution in [-0.2, 0) is 6.42 Å². The Bertz CT molecular complexity index is 703. The Hall–Kier alpha value is -1.87. The summed E-state index contributed by atoms with van der Waals surface area (Å²) in [7, 11) is 0. The number of para-hydroxylation sites is 1. The van der Waals surface area contributed by atoms with Crippen LogP contribution >= 0.6 is 11.6 Å². The SMILES string of the molecule is CCc1ncc(Cl)c(-c2c[nH]c3ccccc23)n1. The molecule has 0 saturated heterocycles. The molecule has 3 aromatic rings. The molecule has 3 nitrogen and oxygen atoms in total. The minimum Gasteiger partial charge on any atom is -0.360 e. The van der Waals surface area contributed by atoms with Crippen LogP contribution in [0, 0.1) is 0 Å². The van der Waals surface area contributed by atoms with Crippen LogP contribution in [0.25, 0.3) is 22.2 Å². The number of aryl methyl sites for hydroxylation is 1. The average Bonchev–Trinajstić information content (AvgIpc) is 2.83. The molecule has 0 radical (unpaired) electrons. The minimum absolute atomic E-state index is 0.581. The van der Waals surface area contributed by atoms with Crippen LogP contribution in [-0.4, -0.2) is 15.0 Å². The highest BCUT2D eigenvalue weighted by Crippen LogP contribution is 2.31. The molecule has 1 aromatic carbocycles. The zero-order valence-electron chi connectivity index (χ0n) is 9.94. The highest BCUT2D eigenvalue weighted by molar-refractivity contribution is 6.33. The minimum atomic E-state index is 0.581. The summed E-state index contributed by atoms with van der Waals surface area (Å²) >= 11 is 6.21. The number of halogens is 1. The van der Waals surface area contributed by atoms with Gasteiger partial charge in [0.15, 0.2) is 0 Å². The quantitative estimate of drug-likeness (QED) is 0.758. The number of hydrogen-bond donors (Lipinski definition) is 1. The molecular weight excluding hydrogens is 246 g/mol. The molecule has 0 aliphatic carbocycles. The Morgan fingerprint density at radius 2 is 2.11 bits per heavy atom. The van der Waals surface area contributed by atoms with Crippen molar-refractivity contribution in [3.05, 3.63) is 47.5 Å². The predicted molar refractivity (Wildman–Crippen MR) is 73.7 cm³/mol. The number of fused-ring (bicyclic) bond motifs is 1. The van der Waals surface area contributed by atoms with Gasteiger partial charge in [0.05, 0.1) is 10.7 Å². The number of H-pyrrole nitrogens is 1. The Kier molecular flexibility index (Phi) is 2.76. The molecule has 18 heavy (non-hydrogen) atoms. The van der Waals surface area contributed by atoms with Gasteiger partial charge in [0, 0.05) is 35.3 Å². The highest BCUT2D eigenvalue weighted by atomic mass is 35.5. The zero-order chi connectivity index (χ0) is 12.5. The molecule has 0 amide bonds. The first-order chi connectivity index (χ1) is 8.79. The fourth-order valence-electron chi connectivity index (χ4n) is 2.03. The van der Waals surface area contributed by atoms with Crippen LogP contribution in [0.4, 0.5) is 0 Å². The van der Waals surface area contributed by atoms with E-state index in [1.165, 1.54) is 0 Å². The van der Waals surface area contributed by atoms with Gasteiger partial charge in [-0.3, -0.25) is 0 Å². The molecule has 4 heteroatoms. The largest absolute Gasteiger partial charge is 0.360 e. The summed E-state index contributed by atoms with van der Waals surface area (Å²) in [4.78, 5) is 11.9. The molecular formula is C14H12ClN3. The van der Waals surface area contributed by atoms with Crippen molar-refractivity contribution >= 4 is 22.5 Å². The van der Waals surface area contributed by atoms with Crippen LogP contribution in [0.5, 0.6) is 0 Å². The van der Waals surface area contributed by atoms with Gasteiger partial charge in [0.2, 0.25) is 0 Å². The number of aromatic amines is 1. The molecule has 90 valence electrons. The van der Waals surface area contributed by atoms with Crippen LogP contribution < -0.4 is 0 Å². The van der Waals surface area contributed by atoms with E-state index in [-0.39, 0.29) is 0 Å². The van der Waals surface area contributed by atoms with Crippen molar-refractivity contribution in [2.75, 3.05) is 0 Å². The lowest BCUT2D eigenvalue weighted by atomic mass is 10.1. The van der Waals surface area contributed by atoms with Gasteiger partial charge in [-0.1, -0.05) is 36.7 Å². The Labute approximate surface area is 110 Å². The van der Waals surface area contributed by atoms with Crippen LogP contribution in [0.1, 0.15) is 12.7 Å². The zero-order valence-corrected chi connectivity index (χ0v) is 10.7. The fourth-order valence-corrected chi connectivity index (χ4v) is 2.22. The summed E-state index contributed by atoms with van der Waals surface area (Å²) in [5.74, 6) is 0.805. The van der Waals surface area contributed by atoms with Crippen LogP contribution in [0.2, 0.25) is 5.02 Å². The van der Waals surface area contributed by atoms with Gasteiger partial charge in [-0.15, -0.1) is 0 Å². The molecule has 0 bridgehead atoms. The lowest BCUT2D eigenvalue weighted by Crippen LogP contribution is -1.95. The van der Waals surface area contributed by atoms with Crippen molar-refractivity contribution in [2.24, 2.45) is 0 Å². The maximum Gasteiger partial charge on any atom is 0.128 e. The second-order valence-corrected chi connectivity index (χ2v) is 4.49. The van der Waals surface area contributed by atoms with Crippen molar-refractivity contribution in [3.63, 3.8) is 0 Å². The van der Waals surface area contributed by atoms with Gasteiger partial charge in [0.1, 0.15) is 5.82 Å². The standard InChI is InChI=1S/C14H12ClN3/c1-2-13-17-8-11(15)14(18-13)10-7-16-12-6-4-3-5-9(10)12/h3-8,16H,2H2,1H3. The summed E-state index contributed by atoms with van der Waals surface area (Å²) < 4.78 is 0. The van der Waals surface area contributed by atoms with E-state index in [1.54, 1.807) is 6.20 Å². The van der Waals surface area contributed by atoms with Crippen LogP contribution in [0.3, 0.4) is 0 Å². The summed E-state index contributed by atoms with van der Waals surface area (Å²) in [6.07, 6.45) is 4.41. The van der Waals surface area contributed by atoms with Crippen molar-refractivity contribution < 1.29 is 0 Å².